The highest BCUT2D eigenvalue weighted by atomic mass is 16.5. The van der Waals surface area contributed by atoms with Gasteiger partial charge in [0.05, 0.1) is 25.5 Å². The maximum absolute atomic E-state index is 13.0. The lowest BCUT2D eigenvalue weighted by molar-refractivity contribution is 0.0376. The highest BCUT2D eigenvalue weighted by Crippen LogP contribution is 2.39. The van der Waals surface area contributed by atoms with Gasteiger partial charge in [0.2, 0.25) is 11.7 Å². The summed E-state index contributed by atoms with van der Waals surface area (Å²) in [7, 11) is 0. The van der Waals surface area contributed by atoms with E-state index in [1.54, 1.807) is 23.7 Å². The number of amides is 1. The van der Waals surface area contributed by atoms with Crippen LogP contribution in [0.4, 0.5) is 5.69 Å². The molecule has 170 valence electrons. The molecule has 1 aromatic carbocycles. The third-order valence-electron chi connectivity index (χ3n) is 5.55. The Kier molecular flexibility index (Phi) is 5.65. The van der Waals surface area contributed by atoms with Crippen molar-refractivity contribution >= 4 is 17.2 Å². The fourth-order valence-electron chi connectivity index (χ4n) is 3.56. The molecular formula is C24H25N5O4. The second-order valence-electron chi connectivity index (χ2n) is 8.49. The first-order valence-corrected chi connectivity index (χ1v) is 11.0. The summed E-state index contributed by atoms with van der Waals surface area (Å²) in [5.74, 6) is 1.31. The van der Waals surface area contributed by atoms with Crippen LogP contribution in [0, 0.1) is 6.92 Å². The molecule has 4 aromatic rings. The second kappa shape index (κ2) is 8.76. The van der Waals surface area contributed by atoms with Crippen molar-refractivity contribution in [3.63, 3.8) is 0 Å². The van der Waals surface area contributed by atoms with Gasteiger partial charge in [0.25, 0.3) is 5.91 Å². The number of imidazole rings is 1. The first-order valence-electron chi connectivity index (χ1n) is 11.0. The average Bonchev–Trinajstić information content (AvgIpc) is 3.36. The molecule has 9 heteroatoms. The molecule has 1 saturated carbocycles. The maximum atomic E-state index is 13.0. The highest BCUT2D eigenvalue weighted by Gasteiger charge is 2.29. The zero-order valence-corrected chi connectivity index (χ0v) is 18.5. The molecule has 1 atom stereocenters. The number of fused-ring (bicyclic) bond motifs is 1. The van der Waals surface area contributed by atoms with Crippen LogP contribution in [0.25, 0.3) is 17.0 Å². The predicted molar refractivity (Wildman–Crippen MR) is 121 cm³/mol. The number of carbonyl (C=O) groups is 1. The summed E-state index contributed by atoms with van der Waals surface area (Å²) in [6.45, 7) is 4.23. The van der Waals surface area contributed by atoms with E-state index < -0.39 is 6.10 Å². The summed E-state index contributed by atoms with van der Waals surface area (Å²) in [4.78, 5) is 21.9. The lowest BCUT2D eigenvalue weighted by atomic mass is 10.1. The minimum atomic E-state index is -0.516. The van der Waals surface area contributed by atoms with E-state index in [0.717, 1.165) is 29.5 Å². The van der Waals surface area contributed by atoms with Gasteiger partial charge in [-0.05, 0) is 56.0 Å². The Morgan fingerprint density at radius 1 is 1.33 bits per heavy atom. The number of pyridine rings is 1. The molecule has 1 unspecified atom stereocenters. The lowest BCUT2D eigenvalue weighted by Gasteiger charge is -2.10. The number of ether oxygens (including phenoxy) is 1. The molecule has 5 rings (SSSR count). The SMILES string of the molecule is Cc1ccc(-c2noc(C3CC3)n2)cc1NC(=O)c1cnc2cc(COCC(C)O)ccn12. The largest absolute Gasteiger partial charge is 0.391 e. The van der Waals surface area contributed by atoms with E-state index in [1.807, 2.05) is 37.3 Å². The van der Waals surface area contributed by atoms with Crippen molar-refractivity contribution in [2.45, 2.75) is 45.3 Å². The molecule has 2 N–H and O–H groups in total. The monoisotopic (exact) mass is 447 g/mol. The van der Waals surface area contributed by atoms with E-state index in [9.17, 15) is 9.90 Å². The minimum absolute atomic E-state index is 0.261. The van der Waals surface area contributed by atoms with Crippen molar-refractivity contribution in [1.29, 1.82) is 0 Å². The van der Waals surface area contributed by atoms with Gasteiger partial charge in [-0.1, -0.05) is 17.3 Å². The number of aliphatic hydroxyl groups is 1. The predicted octanol–water partition coefficient (Wildman–Crippen LogP) is 3.72. The Morgan fingerprint density at radius 2 is 2.18 bits per heavy atom. The Morgan fingerprint density at radius 3 is 2.97 bits per heavy atom. The number of anilines is 1. The molecule has 0 spiro atoms. The van der Waals surface area contributed by atoms with Gasteiger partial charge in [0.15, 0.2) is 0 Å². The van der Waals surface area contributed by atoms with Gasteiger partial charge in [-0.25, -0.2) is 4.98 Å². The summed E-state index contributed by atoms with van der Waals surface area (Å²) in [5.41, 5.74) is 4.35. The van der Waals surface area contributed by atoms with E-state index in [-0.39, 0.29) is 12.5 Å². The average molecular weight is 447 g/mol. The van der Waals surface area contributed by atoms with Gasteiger partial charge in [-0.15, -0.1) is 0 Å². The van der Waals surface area contributed by atoms with Crippen molar-refractivity contribution in [2.75, 3.05) is 11.9 Å². The van der Waals surface area contributed by atoms with Crippen LogP contribution in [0.5, 0.6) is 0 Å². The van der Waals surface area contributed by atoms with Crippen molar-refractivity contribution in [2.24, 2.45) is 0 Å². The zero-order valence-electron chi connectivity index (χ0n) is 18.5. The number of carbonyl (C=O) groups excluding carboxylic acids is 1. The van der Waals surface area contributed by atoms with E-state index in [4.69, 9.17) is 9.26 Å². The van der Waals surface area contributed by atoms with Gasteiger partial charge in [0, 0.05) is 23.4 Å². The molecule has 1 aliphatic carbocycles. The number of hydrogen-bond donors (Lipinski definition) is 2. The number of rotatable bonds is 8. The van der Waals surface area contributed by atoms with Crippen LogP contribution < -0.4 is 5.32 Å². The summed E-state index contributed by atoms with van der Waals surface area (Å²) < 4.78 is 12.6. The number of aliphatic hydroxyl groups excluding tert-OH is 1. The maximum Gasteiger partial charge on any atom is 0.274 e. The number of benzene rings is 1. The number of nitrogens with one attached hydrogen (secondary N) is 1. The van der Waals surface area contributed by atoms with Gasteiger partial charge < -0.3 is 19.7 Å². The molecule has 3 aromatic heterocycles. The highest BCUT2D eigenvalue weighted by molar-refractivity contribution is 6.04. The van der Waals surface area contributed by atoms with E-state index in [0.29, 0.717) is 41.3 Å². The van der Waals surface area contributed by atoms with Gasteiger partial charge >= 0.3 is 0 Å². The molecule has 33 heavy (non-hydrogen) atoms. The molecule has 1 fully saturated rings. The number of hydrogen-bond acceptors (Lipinski definition) is 7. The summed E-state index contributed by atoms with van der Waals surface area (Å²) in [5, 5.41) is 16.4. The standard InChI is InChI=1S/C24H25N5O4/c1-14-3-4-18(22-27-24(33-28-22)17-5-6-17)10-19(14)26-23(31)20-11-25-21-9-16(7-8-29(20)21)13-32-12-15(2)30/h3-4,7-11,15,17,30H,5-6,12-13H2,1-2H3,(H,26,31). The Labute approximate surface area is 190 Å². The Balaban J connectivity index is 1.33. The Hall–Kier alpha value is -3.56. The van der Waals surface area contributed by atoms with Gasteiger partial charge in [-0.2, -0.15) is 4.98 Å². The van der Waals surface area contributed by atoms with Crippen LogP contribution in [0.1, 0.15) is 53.2 Å². The first kappa shape index (κ1) is 21.3. The zero-order chi connectivity index (χ0) is 22.9. The Bertz CT molecular complexity index is 1310. The summed E-state index contributed by atoms with van der Waals surface area (Å²) in [6.07, 6.45) is 5.00. The second-order valence-corrected chi connectivity index (χ2v) is 8.49. The topological polar surface area (TPSA) is 115 Å². The molecule has 9 nitrogen and oxygen atoms in total. The number of aromatic nitrogens is 4. The van der Waals surface area contributed by atoms with Crippen molar-refractivity contribution in [3.8, 4) is 11.4 Å². The van der Waals surface area contributed by atoms with Crippen molar-refractivity contribution < 1.29 is 19.2 Å². The third kappa shape index (κ3) is 4.64. The summed E-state index contributed by atoms with van der Waals surface area (Å²) in [6, 6.07) is 9.43. The van der Waals surface area contributed by atoms with E-state index in [1.165, 1.54) is 0 Å². The van der Waals surface area contributed by atoms with Crippen molar-refractivity contribution in [1.82, 2.24) is 19.5 Å². The molecule has 0 radical (unpaired) electrons. The van der Waals surface area contributed by atoms with Crippen LogP contribution in [-0.4, -0.2) is 43.2 Å². The van der Waals surface area contributed by atoms with Crippen LogP contribution in [-0.2, 0) is 11.3 Å². The lowest BCUT2D eigenvalue weighted by Crippen LogP contribution is -2.15. The molecule has 1 aliphatic rings. The first-order chi connectivity index (χ1) is 16.0. The van der Waals surface area contributed by atoms with E-state index in [2.05, 4.69) is 20.4 Å². The van der Waals surface area contributed by atoms with Gasteiger partial charge in [-0.3, -0.25) is 9.20 Å². The van der Waals surface area contributed by atoms with Crippen LogP contribution in [0.3, 0.4) is 0 Å². The molecule has 3 heterocycles. The normalized spacial score (nSPS) is 14.5. The summed E-state index contributed by atoms with van der Waals surface area (Å²) >= 11 is 0. The third-order valence-corrected chi connectivity index (χ3v) is 5.55. The number of aryl methyl sites for hydroxylation is 1. The van der Waals surface area contributed by atoms with E-state index >= 15 is 0 Å². The molecular weight excluding hydrogens is 422 g/mol. The fraction of sp³-hybridized carbons (Fsp3) is 0.333. The molecule has 1 amide bonds. The van der Waals surface area contributed by atoms with Gasteiger partial charge in [0.1, 0.15) is 11.3 Å². The number of nitrogens with zero attached hydrogens (tertiary/aromatic N) is 4. The molecule has 0 aliphatic heterocycles. The minimum Gasteiger partial charge on any atom is -0.391 e. The van der Waals surface area contributed by atoms with Crippen LogP contribution >= 0.6 is 0 Å². The van der Waals surface area contributed by atoms with Crippen molar-refractivity contribution in [3.05, 3.63) is 65.4 Å². The fourth-order valence-corrected chi connectivity index (χ4v) is 3.56. The van der Waals surface area contributed by atoms with Crippen LogP contribution in [0.15, 0.2) is 47.2 Å². The quantitative estimate of drug-likeness (QED) is 0.423. The van der Waals surface area contributed by atoms with Crippen LogP contribution in [0.2, 0.25) is 0 Å². The smallest absolute Gasteiger partial charge is 0.274 e. The molecule has 0 bridgehead atoms. The molecule has 0 saturated heterocycles.